The number of hydrogen-bond donors (Lipinski definition) is 2. The number of ketones is 2. The molecule has 2 aromatic carbocycles. The molecule has 1 fully saturated rings. The molecule has 1 heterocycles. The zero-order valence-corrected chi connectivity index (χ0v) is 21.0. The topological polar surface area (TPSA) is 113 Å². The fourth-order valence-corrected chi connectivity index (χ4v) is 5.35. The van der Waals surface area contributed by atoms with Gasteiger partial charge in [-0.25, -0.2) is 4.99 Å². The Morgan fingerprint density at radius 3 is 2.51 bits per heavy atom. The summed E-state index contributed by atoms with van der Waals surface area (Å²) in [5.74, 6) is 0.337. The highest BCUT2D eigenvalue weighted by molar-refractivity contribution is 6.25. The van der Waals surface area contributed by atoms with Gasteiger partial charge in [-0.05, 0) is 35.4 Å². The average molecular weight is 499 g/mol. The summed E-state index contributed by atoms with van der Waals surface area (Å²) in [4.78, 5) is 30.7. The van der Waals surface area contributed by atoms with E-state index in [4.69, 9.17) is 4.52 Å². The van der Waals surface area contributed by atoms with Crippen LogP contribution in [0.2, 0.25) is 0 Å². The number of hydrogen-bond acceptors (Lipinski definition) is 7. The van der Waals surface area contributed by atoms with Crippen LogP contribution in [0.5, 0.6) is 5.75 Å². The lowest BCUT2D eigenvalue weighted by Gasteiger charge is -2.31. The molecule has 2 N–H and O–H groups in total. The molecule has 0 spiro atoms. The molecule has 2 aliphatic rings. The summed E-state index contributed by atoms with van der Waals surface area (Å²) in [5.41, 5.74) is 2.76. The van der Waals surface area contributed by atoms with Crippen LogP contribution < -0.4 is 0 Å². The van der Waals surface area contributed by atoms with Gasteiger partial charge in [0.25, 0.3) is 0 Å². The fourth-order valence-electron chi connectivity index (χ4n) is 5.35. The van der Waals surface area contributed by atoms with E-state index in [2.05, 4.69) is 10.1 Å². The second-order valence-electron chi connectivity index (χ2n) is 10.7. The number of allylic oxidation sites excluding steroid dienone is 2. The summed E-state index contributed by atoms with van der Waals surface area (Å²) in [6, 6.07) is 16.6. The lowest BCUT2D eigenvalue weighted by Crippen LogP contribution is -2.32. The number of Topliss-reactive ketones (excluding diaryl/α,β-unsaturated/α-hetero) is 2. The number of aliphatic imine (C=N–C) groups is 1. The van der Waals surface area contributed by atoms with Gasteiger partial charge >= 0.3 is 0 Å². The number of aromatic nitrogens is 1. The second kappa shape index (κ2) is 9.81. The van der Waals surface area contributed by atoms with E-state index < -0.39 is 0 Å². The van der Waals surface area contributed by atoms with E-state index in [-0.39, 0.29) is 59.2 Å². The van der Waals surface area contributed by atoms with Gasteiger partial charge in [-0.3, -0.25) is 9.59 Å². The highest BCUT2D eigenvalue weighted by atomic mass is 16.5. The third-order valence-corrected chi connectivity index (χ3v) is 7.12. The molecule has 1 atom stereocenters. The molecule has 1 unspecified atom stereocenters. The van der Waals surface area contributed by atoms with Crippen LogP contribution >= 0.6 is 0 Å². The molecule has 0 bridgehead atoms. The Hall–Kier alpha value is -4.00. The van der Waals surface area contributed by atoms with Gasteiger partial charge in [0.15, 0.2) is 11.6 Å². The van der Waals surface area contributed by atoms with Crippen LogP contribution in [0.3, 0.4) is 0 Å². The number of fused-ring (bicyclic) bond motifs is 1. The van der Waals surface area contributed by atoms with Crippen LogP contribution in [0.25, 0.3) is 0 Å². The molecule has 1 aromatic heterocycles. The predicted molar refractivity (Wildman–Crippen MR) is 140 cm³/mol. The normalized spacial score (nSPS) is 21.7. The molecule has 37 heavy (non-hydrogen) atoms. The van der Waals surface area contributed by atoms with Crippen molar-refractivity contribution in [2.45, 2.75) is 58.3 Å². The third-order valence-electron chi connectivity index (χ3n) is 7.12. The fraction of sp³-hybridized carbons (Fsp3) is 0.333. The molecule has 7 heteroatoms. The smallest absolute Gasteiger partial charge is 0.168 e. The predicted octanol–water partition coefficient (Wildman–Crippen LogP) is 6.20. The lowest BCUT2D eigenvalue weighted by molar-refractivity contribution is -0.117. The Morgan fingerprint density at radius 2 is 1.76 bits per heavy atom. The molecule has 0 aliphatic heterocycles. The van der Waals surface area contributed by atoms with E-state index in [0.29, 0.717) is 47.7 Å². The number of rotatable bonds is 5. The number of aliphatic hydroxyl groups is 1. The Kier molecular flexibility index (Phi) is 6.54. The van der Waals surface area contributed by atoms with Crippen LogP contribution in [-0.2, 0) is 17.6 Å². The van der Waals surface area contributed by atoms with Gasteiger partial charge in [0.1, 0.15) is 23.0 Å². The molecule has 7 nitrogen and oxygen atoms in total. The van der Waals surface area contributed by atoms with Crippen LogP contribution in [-0.4, -0.2) is 32.6 Å². The van der Waals surface area contributed by atoms with Crippen molar-refractivity contribution in [2.75, 3.05) is 0 Å². The summed E-state index contributed by atoms with van der Waals surface area (Å²) in [6.45, 7) is 3.96. The number of phenols is 1. The molecular weight excluding hydrogens is 468 g/mol. The van der Waals surface area contributed by atoms with Crippen molar-refractivity contribution in [3.8, 4) is 5.75 Å². The summed E-state index contributed by atoms with van der Waals surface area (Å²) in [7, 11) is 0. The molecular formula is C30H30N2O5. The van der Waals surface area contributed by atoms with Crippen LogP contribution in [0.1, 0.15) is 72.8 Å². The van der Waals surface area contributed by atoms with Gasteiger partial charge in [-0.1, -0.05) is 61.5 Å². The number of aromatic hydroxyl groups is 1. The number of para-hydroxylation sites is 2. The minimum absolute atomic E-state index is 0.00575. The third kappa shape index (κ3) is 5.12. The molecule has 0 saturated heterocycles. The number of phenolic OH excluding ortho intramolecular Hbond substituents is 1. The Balaban J connectivity index is 1.40. The SMILES string of the molecule is CC1(C)CC(=O)/C(=C(/O)CCc2noc3c2C(=O)CC(c2ccccc2)C3)C(=Nc2ccccc2O)C1. The summed E-state index contributed by atoms with van der Waals surface area (Å²) in [5, 5.41) is 25.4. The van der Waals surface area contributed by atoms with Crippen molar-refractivity contribution in [2.24, 2.45) is 10.4 Å². The molecule has 0 radical (unpaired) electrons. The minimum atomic E-state index is -0.322. The summed E-state index contributed by atoms with van der Waals surface area (Å²) >= 11 is 0. The van der Waals surface area contributed by atoms with Gasteiger partial charge in [0.2, 0.25) is 0 Å². The summed E-state index contributed by atoms with van der Waals surface area (Å²) < 4.78 is 5.56. The number of aliphatic hydroxyl groups excluding tert-OH is 1. The van der Waals surface area contributed by atoms with Crippen molar-refractivity contribution in [1.82, 2.24) is 5.16 Å². The highest BCUT2D eigenvalue weighted by Crippen LogP contribution is 2.39. The second-order valence-corrected chi connectivity index (χ2v) is 10.7. The van der Waals surface area contributed by atoms with Gasteiger partial charge < -0.3 is 14.7 Å². The number of nitrogens with zero attached hydrogens (tertiary/aromatic N) is 2. The number of benzene rings is 2. The van der Waals surface area contributed by atoms with Gasteiger partial charge in [0.05, 0.1) is 22.5 Å². The Morgan fingerprint density at radius 1 is 1.03 bits per heavy atom. The van der Waals surface area contributed by atoms with Gasteiger partial charge in [0, 0.05) is 32.1 Å². The highest BCUT2D eigenvalue weighted by Gasteiger charge is 2.37. The van der Waals surface area contributed by atoms with Crippen LogP contribution in [0, 0.1) is 5.41 Å². The van der Waals surface area contributed by atoms with Crippen molar-refractivity contribution < 1.29 is 24.3 Å². The zero-order valence-electron chi connectivity index (χ0n) is 21.0. The first-order valence-corrected chi connectivity index (χ1v) is 12.6. The standard InChI is InChI=1S/C30H30N2O5/c1-30(2)16-22(31-20-10-6-7-11-23(20)33)28(26(36)17-30)24(34)13-12-21-29-25(35)14-19(15-27(29)37-32-21)18-8-4-3-5-9-18/h3-11,19,33-34H,12-17H2,1-2H3/b28-24+,31-22?. The largest absolute Gasteiger partial charge is 0.511 e. The molecule has 190 valence electrons. The maximum Gasteiger partial charge on any atom is 0.168 e. The molecule has 1 saturated carbocycles. The van der Waals surface area contributed by atoms with E-state index >= 15 is 0 Å². The zero-order chi connectivity index (χ0) is 26.2. The maximum absolute atomic E-state index is 13.1. The van der Waals surface area contributed by atoms with E-state index in [1.165, 1.54) is 6.07 Å². The molecule has 5 rings (SSSR count). The first-order valence-electron chi connectivity index (χ1n) is 12.6. The first kappa shape index (κ1) is 24.7. The average Bonchev–Trinajstić information content (AvgIpc) is 3.27. The first-order chi connectivity index (χ1) is 17.7. The van der Waals surface area contributed by atoms with Crippen LogP contribution in [0.15, 0.2) is 75.4 Å². The molecule has 0 amide bonds. The number of aryl methyl sites for hydroxylation is 1. The van der Waals surface area contributed by atoms with Crippen molar-refractivity contribution in [3.05, 3.63) is 88.5 Å². The van der Waals surface area contributed by atoms with E-state index in [1.807, 2.05) is 44.2 Å². The Bertz CT molecular complexity index is 1410. The molecule has 2 aliphatic carbocycles. The number of carbonyl (C=O) groups excluding carboxylic acids is 2. The lowest BCUT2D eigenvalue weighted by atomic mass is 9.73. The van der Waals surface area contributed by atoms with Gasteiger partial charge in [-0.2, -0.15) is 0 Å². The maximum atomic E-state index is 13.1. The van der Waals surface area contributed by atoms with E-state index in [9.17, 15) is 19.8 Å². The summed E-state index contributed by atoms with van der Waals surface area (Å²) in [6.07, 6.45) is 2.11. The van der Waals surface area contributed by atoms with E-state index in [1.54, 1.807) is 18.2 Å². The molecule has 3 aromatic rings. The Labute approximate surface area is 215 Å². The van der Waals surface area contributed by atoms with Crippen molar-refractivity contribution in [3.63, 3.8) is 0 Å². The van der Waals surface area contributed by atoms with Crippen molar-refractivity contribution in [1.29, 1.82) is 0 Å². The van der Waals surface area contributed by atoms with E-state index in [0.717, 1.165) is 5.56 Å². The number of carbonyl (C=O) groups is 2. The van der Waals surface area contributed by atoms with Crippen LogP contribution in [0.4, 0.5) is 5.69 Å². The van der Waals surface area contributed by atoms with Crippen molar-refractivity contribution >= 4 is 23.0 Å². The minimum Gasteiger partial charge on any atom is -0.511 e. The van der Waals surface area contributed by atoms with Gasteiger partial charge in [-0.15, -0.1) is 0 Å². The quantitative estimate of drug-likeness (QED) is 0.320. The monoisotopic (exact) mass is 498 g/mol.